The Morgan fingerprint density at radius 2 is 1.79 bits per heavy atom. The number of rotatable bonds is 4. The molecule has 0 spiro atoms. The lowest BCUT2D eigenvalue weighted by molar-refractivity contribution is -0.110. The molecule has 0 radical (unpaired) electrons. The predicted molar refractivity (Wildman–Crippen MR) is 98.4 cm³/mol. The summed E-state index contributed by atoms with van der Waals surface area (Å²) < 4.78 is 5.71. The van der Waals surface area contributed by atoms with Gasteiger partial charge in [-0.05, 0) is 35.9 Å². The fraction of sp³-hybridized carbons (Fsp3) is 0.150. The van der Waals surface area contributed by atoms with E-state index in [9.17, 15) is 4.79 Å². The van der Waals surface area contributed by atoms with Crippen LogP contribution in [-0.2, 0) is 4.79 Å². The number of ketones is 1. The average molecular weight is 320 g/mol. The Morgan fingerprint density at radius 3 is 2.46 bits per heavy atom. The molecular formula is C20H20N2O2. The number of fused-ring (bicyclic) bond motifs is 1. The summed E-state index contributed by atoms with van der Waals surface area (Å²) in [5.74, 6) is 1.19. The predicted octanol–water partition coefficient (Wildman–Crippen LogP) is 3.71. The lowest BCUT2D eigenvalue weighted by Crippen LogP contribution is -2.14. The number of para-hydroxylation sites is 2. The van der Waals surface area contributed by atoms with Crippen LogP contribution in [0.25, 0.3) is 6.08 Å². The molecule has 0 saturated heterocycles. The smallest absolute Gasteiger partial charge is 0.204 e. The SMILES string of the molecule is CN(C)c1ccc(C=CC(=O)C=C2Oc3ccccc3N2C)cc1. The van der Waals surface area contributed by atoms with Gasteiger partial charge in [-0.1, -0.05) is 30.3 Å². The van der Waals surface area contributed by atoms with Crippen molar-refractivity contribution < 1.29 is 9.53 Å². The van der Waals surface area contributed by atoms with E-state index in [1.807, 2.05) is 79.5 Å². The van der Waals surface area contributed by atoms with Crippen molar-refractivity contribution in [2.75, 3.05) is 30.9 Å². The van der Waals surface area contributed by atoms with Crippen molar-refractivity contribution in [1.29, 1.82) is 0 Å². The molecule has 0 saturated carbocycles. The Hall–Kier alpha value is -3.01. The van der Waals surface area contributed by atoms with Gasteiger partial charge in [0.1, 0.15) is 0 Å². The van der Waals surface area contributed by atoms with Crippen molar-refractivity contribution in [2.45, 2.75) is 0 Å². The van der Waals surface area contributed by atoms with E-state index >= 15 is 0 Å². The number of nitrogens with zero attached hydrogens (tertiary/aromatic N) is 2. The van der Waals surface area contributed by atoms with E-state index in [0.717, 1.165) is 22.7 Å². The van der Waals surface area contributed by atoms with Gasteiger partial charge in [0.2, 0.25) is 5.88 Å². The summed E-state index contributed by atoms with van der Waals surface area (Å²) in [6, 6.07) is 15.7. The highest BCUT2D eigenvalue weighted by Gasteiger charge is 2.22. The third-order valence-electron chi connectivity index (χ3n) is 3.89. The molecule has 0 fully saturated rings. The minimum atomic E-state index is -0.110. The molecule has 2 aromatic carbocycles. The standard InChI is InChI=1S/C20H20N2O2/c1-21(2)16-11-8-15(9-12-16)10-13-17(23)14-20-22(3)18-6-4-5-7-19(18)24-20/h4-14H,1-3H3. The molecule has 0 amide bonds. The second-order valence-electron chi connectivity index (χ2n) is 5.83. The van der Waals surface area contributed by atoms with Crippen LogP contribution >= 0.6 is 0 Å². The van der Waals surface area contributed by atoms with E-state index in [1.54, 1.807) is 12.2 Å². The zero-order valence-electron chi connectivity index (χ0n) is 14.1. The molecule has 122 valence electrons. The van der Waals surface area contributed by atoms with Crippen LogP contribution in [0, 0.1) is 0 Å². The number of ether oxygens (including phenoxy) is 1. The number of carbonyl (C=O) groups is 1. The molecule has 1 aliphatic rings. The minimum absolute atomic E-state index is 0.110. The molecule has 4 heteroatoms. The summed E-state index contributed by atoms with van der Waals surface area (Å²) >= 11 is 0. The van der Waals surface area contributed by atoms with E-state index in [4.69, 9.17) is 4.74 Å². The van der Waals surface area contributed by atoms with E-state index in [1.165, 1.54) is 6.08 Å². The van der Waals surface area contributed by atoms with Crippen LogP contribution in [0.2, 0.25) is 0 Å². The Morgan fingerprint density at radius 1 is 1.08 bits per heavy atom. The van der Waals surface area contributed by atoms with Crippen LogP contribution < -0.4 is 14.5 Å². The van der Waals surface area contributed by atoms with Gasteiger partial charge >= 0.3 is 0 Å². The summed E-state index contributed by atoms with van der Waals surface area (Å²) in [6.07, 6.45) is 4.86. The average Bonchev–Trinajstić information content (AvgIpc) is 2.89. The number of hydrogen-bond donors (Lipinski definition) is 0. The van der Waals surface area contributed by atoms with Gasteiger partial charge in [-0.15, -0.1) is 0 Å². The van der Waals surface area contributed by atoms with Crippen molar-refractivity contribution in [2.24, 2.45) is 0 Å². The van der Waals surface area contributed by atoms with Crippen LogP contribution in [0.15, 0.2) is 66.6 Å². The van der Waals surface area contributed by atoms with Gasteiger partial charge in [-0.3, -0.25) is 4.79 Å². The topological polar surface area (TPSA) is 32.8 Å². The molecule has 3 rings (SSSR count). The Labute approximate surface area is 142 Å². The molecule has 0 aromatic heterocycles. The third-order valence-corrected chi connectivity index (χ3v) is 3.89. The number of allylic oxidation sites excluding steroid dienone is 2. The summed E-state index contributed by atoms with van der Waals surface area (Å²) in [4.78, 5) is 16.1. The van der Waals surface area contributed by atoms with Crippen molar-refractivity contribution in [1.82, 2.24) is 0 Å². The summed E-state index contributed by atoms with van der Waals surface area (Å²) in [6.45, 7) is 0. The summed E-state index contributed by atoms with van der Waals surface area (Å²) in [5, 5.41) is 0. The quantitative estimate of drug-likeness (QED) is 0.804. The summed E-state index contributed by atoms with van der Waals surface area (Å²) in [5.41, 5.74) is 3.07. The van der Waals surface area contributed by atoms with Crippen LogP contribution in [0.5, 0.6) is 5.75 Å². The highest BCUT2D eigenvalue weighted by Crippen LogP contribution is 2.37. The fourth-order valence-corrected chi connectivity index (χ4v) is 2.48. The van der Waals surface area contributed by atoms with Crippen molar-refractivity contribution in [3.8, 4) is 5.75 Å². The van der Waals surface area contributed by atoms with Gasteiger partial charge in [0.15, 0.2) is 11.5 Å². The summed E-state index contributed by atoms with van der Waals surface area (Å²) in [7, 11) is 5.88. The zero-order chi connectivity index (χ0) is 17.1. The molecule has 4 nitrogen and oxygen atoms in total. The largest absolute Gasteiger partial charge is 0.438 e. The van der Waals surface area contributed by atoms with Crippen molar-refractivity contribution in [3.63, 3.8) is 0 Å². The Kier molecular flexibility index (Phi) is 4.38. The van der Waals surface area contributed by atoms with E-state index in [2.05, 4.69) is 0 Å². The lowest BCUT2D eigenvalue weighted by Gasteiger charge is -2.11. The van der Waals surface area contributed by atoms with Crippen LogP contribution in [-0.4, -0.2) is 26.9 Å². The van der Waals surface area contributed by atoms with E-state index < -0.39 is 0 Å². The van der Waals surface area contributed by atoms with Gasteiger partial charge in [-0.25, -0.2) is 0 Å². The molecule has 0 unspecified atom stereocenters. The third kappa shape index (κ3) is 3.33. The molecule has 0 aliphatic carbocycles. The zero-order valence-corrected chi connectivity index (χ0v) is 14.1. The monoisotopic (exact) mass is 320 g/mol. The first-order valence-electron chi connectivity index (χ1n) is 7.76. The molecule has 2 aromatic rings. The van der Waals surface area contributed by atoms with Crippen molar-refractivity contribution in [3.05, 3.63) is 72.1 Å². The number of carbonyl (C=O) groups excluding carboxylic acids is 1. The van der Waals surface area contributed by atoms with Gasteiger partial charge in [-0.2, -0.15) is 0 Å². The fourth-order valence-electron chi connectivity index (χ4n) is 2.48. The minimum Gasteiger partial charge on any atom is -0.438 e. The maximum Gasteiger partial charge on any atom is 0.204 e. The second kappa shape index (κ2) is 6.62. The number of anilines is 2. The van der Waals surface area contributed by atoms with Crippen molar-refractivity contribution >= 4 is 23.2 Å². The van der Waals surface area contributed by atoms with E-state index in [-0.39, 0.29) is 5.78 Å². The molecule has 24 heavy (non-hydrogen) atoms. The van der Waals surface area contributed by atoms with Crippen LogP contribution in [0.3, 0.4) is 0 Å². The van der Waals surface area contributed by atoms with Gasteiger partial charge in [0, 0.05) is 32.9 Å². The Bertz CT molecular complexity index is 805. The molecule has 0 N–H and O–H groups in total. The first-order valence-corrected chi connectivity index (χ1v) is 7.76. The Balaban J connectivity index is 1.70. The van der Waals surface area contributed by atoms with E-state index in [0.29, 0.717) is 5.88 Å². The maximum atomic E-state index is 12.2. The van der Waals surface area contributed by atoms with Crippen LogP contribution in [0.4, 0.5) is 11.4 Å². The van der Waals surface area contributed by atoms with Gasteiger partial charge in [0.25, 0.3) is 0 Å². The maximum absolute atomic E-state index is 12.2. The molecular weight excluding hydrogens is 300 g/mol. The number of hydrogen-bond acceptors (Lipinski definition) is 4. The first-order chi connectivity index (χ1) is 11.5. The molecule has 1 aliphatic heterocycles. The normalized spacial score (nSPS) is 14.8. The lowest BCUT2D eigenvalue weighted by atomic mass is 10.1. The van der Waals surface area contributed by atoms with Crippen LogP contribution in [0.1, 0.15) is 5.56 Å². The van der Waals surface area contributed by atoms with Gasteiger partial charge in [0.05, 0.1) is 5.69 Å². The highest BCUT2D eigenvalue weighted by molar-refractivity contribution is 6.02. The first kappa shape index (κ1) is 15.9. The molecule has 1 heterocycles. The second-order valence-corrected chi connectivity index (χ2v) is 5.83. The molecule has 0 atom stereocenters. The van der Waals surface area contributed by atoms with Gasteiger partial charge < -0.3 is 14.5 Å². The molecule has 0 bridgehead atoms. The number of benzene rings is 2. The highest BCUT2D eigenvalue weighted by atomic mass is 16.5.